The summed E-state index contributed by atoms with van der Waals surface area (Å²) in [6.45, 7) is 2.17. The van der Waals surface area contributed by atoms with E-state index in [9.17, 15) is 0 Å². The molecule has 2 aliphatic rings. The summed E-state index contributed by atoms with van der Waals surface area (Å²) in [4.78, 5) is 0. The summed E-state index contributed by atoms with van der Waals surface area (Å²) in [5.74, 6) is 2.23. The molecule has 126 valence electrons. The van der Waals surface area contributed by atoms with Gasteiger partial charge in [0.05, 0.1) is 14.2 Å². The minimum Gasteiger partial charge on any atom is -0.497 e. The topological polar surface area (TPSA) is 42.5 Å². The molecule has 2 aliphatic heterocycles. The molecule has 2 N–H and O–H groups in total. The number of anilines is 1. The Kier molecular flexibility index (Phi) is 4.07. The molecule has 2 aromatic rings. The van der Waals surface area contributed by atoms with Gasteiger partial charge in [-0.3, -0.25) is 0 Å². The lowest BCUT2D eigenvalue weighted by molar-refractivity contribution is 0.395. The van der Waals surface area contributed by atoms with Gasteiger partial charge in [0.15, 0.2) is 0 Å². The smallest absolute Gasteiger partial charge is 0.130 e. The average molecular weight is 324 g/mol. The SMILES string of the molecule is COc1ccc(-c2cccc3c2C2CCNCCC2N3)c(OC)c1. The van der Waals surface area contributed by atoms with Crippen LogP contribution in [-0.2, 0) is 0 Å². The quantitative estimate of drug-likeness (QED) is 0.905. The van der Waals surface area contributed by atoms with E-state index in [0.717, 1.165) is 30.2 Å². The highest BCUT2D eigenvalue weighted by molar-refractivity contribution is 5.81. The normalized spacial score (nSPS) is 22.1. The van der Waals surface area contributed by atoms with Gasteiger partial charge in [-0.15, -0.1) is 0 Å². The third-order valence-electron chi connectivity index (χ3n) is 5.27. The first kappa shape index (κ1) is 15.3. The number of ether oxygens (including phenoxy) is 2. The summed E-state index contributed by atoms with van der Waals surface area (Å²) >= 11 is 0. The minimum absolute atomic E-state index is 0.528. The van der Waals surface area contributed by atoms with Crippen LogP contribution in [-0.4, -0.2) is 33.4 Å². The molecule has 2 heterocycles. The molecule has 0 amide bonds. The molecule has 0 aromatic heterocycles. The first-order chi connectivity index (χ1) is 11.8. The molecule has 2 atom stereocenters. The van der Waals surface area contributed by atoms with E-state index in [0.29, 0.717) is 12.0 Å². The number of hydrogen-bond donors (Lipinski definition) is 2. The van der Waals surface area contributed by atoms with E-state index in [1.54, 1.807) is 14.2 Å². The number of methoxy groups -OCH3 is 2. The standard InChI is InChI=1S/C20H24N2O2/c1-23-13-6-7-14(19(12-13)24-2)15-4-3-5-18-20(15)16-8-10-21-11-9-17(16)22-18/h3-7,12,16-17,21-22H,8-11H2,1-2H3. The molecular weight excluding hydrogens is 300 g/mol. The van der Waals surface area contributed by atoms with Crippen LogP contribution in [0, 0.1) is 0 Å². The highest BCUT2D eigenvalue weighted by Crippen LogP contribution is 2.47. The second-order valence-corrected chi connectivity index (χ2v) is 6.52. The molecule has 0 aliphatic carbocycles. The van der Waals surface area contributed by atoms with Crippen LogP contribution in [0.5, 0.6) is 11.5 Å². The van der Waals surface area contributed by atoms with E-state index < -0.39 is 0 Å². The van der Waals surface area contributed by atoms with Crippen LogP contribution in [0.2, 0.25) is 0 Å². The van der Waals surface area contributed by atoms with Gasteiger partial charge in [-0.1, -0.05) is 12.1 Å². The summed E-state index contributed by atoms with van der Waals surface area (Å²) in [7, 11) is 3.40. The van der Waals surface area contributed by atoms with Gasteiger partial charge in [0.2, 0.25) is 0 Å². The van der Waals surface area contributed by atoms with E-state index in [1.807, 2.05) is 12.1 Å². The number of nitrogens with one attached hydrogen (secondary N) is 2. The van der Waals surface area contributed by atoms with Gasteiger partial charge >= 0.3 is 0 Å². The molecule has 0 bridgehead atoms. The monoisotopic (exact) mass is 324 g/mol. The Morgan fingerprint density at radius 2 is 1.83 bits per heavy atom. The van der Waals surface area contributed by atoms with E-state index in [2.05, 4.69) is 34.9 Å². The third-order valence-corrected chi connectivity index (χ3v) is 5.27. The summed E-state index contributed by atoms with van der Waals surface area (Å²) in [5.41, 5.74) is 5.13. The number of hydrogen-bond acceptors (Lipinski definition) is 4. The van der Waals surface area contributed by atoms with Crippen molar-refractivity contribution >= 4 is 5.69 Å². The van der Waals surface area contributed by atoms with Crippen LogP contribution < -0.4 is 20.1 Å². The lowest BCUT2D eigenvalue weighted by Crippen LogP contribution is -2.21. The molecule has 0 spiro atoms. The van der Waals surface area contributed by atoms with Crippen LogP contribution in [0.3, 0.4) is 0 Å². The van der Waals surface area contributed by atoms with Crippen molar-refractivity contribution < 1.29 is 9.47 Å². The molecule has 4 nitrogen and oxygen atoms in total. The summed E-state index contributed by atoms with van der Waals surface area (Å²) in [5, 5.41) is 7.26. The average Bonchev–Trinajstić information content (AvgIpc) is 2.82. The zero-order chi connectivity index (χ0) is 16.5. The Morgan fingerprint density at radius 1 is 0.958 bits per heavy atom. The maximum Gasteiger partial charge on any atom is 0.130 e. The number of rotatable bonds is 3. The molecule has 4 heteroatoms. The van der Waals surface area contributed by atoms with Gasteiger partial charge < -0.3 is 20.1 Å². The Morgan fingerprint density at radius 3 is 2.67 bits per heavy atom. The van der Waals surface area contributed by atoms with Crippen molar-refractivity contribution in [1.29, 1.82) is 0 Å². The molecule has 2 unspecified atom stereocenters. The first-order valence-electron chi connectivity index (χ1n) is 8.64. The minimum atomic E-state index is 0.528. The zero-order valence-corrected chi connectivity index (χ0v) is 14.3. The Labute approximate surface area is 143 Å². The molecule has 4 rings (SSSR count). The fraction of sp³-hybridized carbons (Fsp3) is 0.400. The molecule has 1 saturated heterocycles. The number of benzene rings is 2. The lowest BCUT2D eigenvalue weighted by Gasteiger charge is -2.19. The zero-order valence-electron chi connectivity index (χ0n) is 14.3. The molecular formula is C20H24N2O2. The van der Waals surface area contributed by atoms with Crippen molar-refractivity contribution in [3.63, 3.8) is 0 Å². The van der Waals surface area contributed by atoms with Crippen molar-refractivity contribution in [1.82, 2.24) is 5.32 Å². The van der Waals surface area contributed by atoms with Crippen LogP contribution >= 0.6 is 0 Å². The van der Waals surface area contributed by atoms with Crippen LogP contribution in [0.25, 0.3) is 11.1 Å². The van der Waals surface area contributed by atoms with E-state index >= 15 is 0 Å². The van der Waals surface area contributed by atoms with E-state index in [-0.39, 0.29) is 0 Å². The van der Waals surface area contributed by atoms with Crippen LogP contribution in [0.1, 0.15) is 24.3 Å². The maximum absolute atomic E-state index is 5.65. The maximum atomic E-state index is 5.65. The van der Waals surface area contributed by atoms with E-state index in [4.69, 9.17) is 9.47 Å². The largest absolute Gasteiger partial charge is 0.497 e. The van der Waals surface area contributed by atoms with Gasteiger partial charge in [0.25, 0.3) is 0 Å². The fourth-order valence-electron chi connectivity index (χ4n) is 4.11. The second-order valence-electron chi connectivity index (χ2n) is 6.52. The first-order valence-corrected chi connectivity index (χ1v) is 8.64. The fourth-order valence-corrected chi connectivity index (χ4v) is 4.11. The van der Waals surface area contributed by atoms with Gasteiger partial charge in [0, 0.05) is 29.3 Å². The Bertz CT molecular complexity index is 744. The Hall–Kier alpha value is -2.20. The number of fused-ring (bicyclic) bond motifs is 3. The van der Waals surface area contributed by atoms with Gasteiger partial charge in [0.1, 0.15) is 11.5 Å². The van der Waals surface area contributed by atoms with Crippen molar-refractivity contribution in [3.05, 3.63) is 42.0 Å². The summed E-state index contributed by atoms with van der Waals surface area (Å²) in [6, 6.07) is 13.2. The van der Waals surface area contributed by atoms with Crippen LogP contribution in [0.4, 0.5) is 5.69 Å². The second kappa shape index (κ2) is 6.36. The molecule has 24 heavy (non-hydrogen) atoms. The van der Waals surface area contributed by atoms with Crippen molar-refractivity contribution in [2.75, 3.05) is 32.6 Å². The third kappa shape index (κ3) is 2.51. The molecule has 2 aromatic carbocycles. The van der Waals surface area contributed by atoms with Crippen molar-refractivity contribution in [2.24, 2.45) is 0 Å². The lowest BCUT2D eigenvalue weighted by atomic mass is 9.85. The summed E-state index contributed by atoms with van der Waals surface area (Å²) < 4.78 is 11.0. The van der Waals surface area contributed by atoms with Gasteiger partial charge in [-0.05, 0) is 55.3 Å². The molecule has 1 fully saturated rings. The molecule has 0 radical (unpaired) electrons. The highest BCUT2D eigenvalue weighted by atomic mass is 16.5. The van der Waals surface area contributed by atoms with E-state index in [1.165, 1.54) is 29.7 Å². The predicted molar refractivity (Wildman–Crippen MR) is 97.2 cm³/mol. The van der Waals surface area contributed by atoms with Crippen molar-refractivity contribution in [2.45, 2.75) is 24.8 Å². The molecule has 0 saturated carbocycles. The van der Waals surface area contributed by atoms with Crippen LogP contribution in [0.15, 0.2) is 36.4 Å². The van der Waals surface area contributed by atoms with Crippen molar-refractivity contribution in [3.8, 4) is 22.6 Å². The van der Waals surface area contributed by atoms with Gasteiger partial charge in [-0.25, -0.2) is 0 Å². The Balaban J connectivity index is 1.83. The summed E-state index contributed by atoms with van der Waals surface area (Å²) in [6.07, 6.45) is 2.33. The predicted octanol–water partition coefficient (Wildman–Crippen LogP) is 3.63. The van der Waals surface area contributed by atoms with Gasteiger partial charge in [-0.2, -0.15) is 0 Å². The highest BCUT2D eigenvalue weighted by Gasteiger charge is 2.35.